The molecule has 5 nitrogen and oxygen atoms in total. The van der Waals surface area contributed by atoms with Crippen molar-refractivity contribution in [3.05, 3.63) is 60.3 Å². The van der Waals surface area contributed by atoms with Crippen molar-refractivity contribution in [2.45, 2.75) is 90.8 Å². The van der Waals surface area contributed by atoms with Gasteiger partial charge < -0.3 is 19.7 Å². The Bertz CT molecular complexity index is 788. The molecule has 0 bridgehead atoms. The van der Waals surface area contributed by atoms with Crippen LogP contribution >= 0.6 is 0 Å². The lowest BCUT2D eigenvalue weighted by Crippen LogP contribution is -2.51. The molecule has 2 saturated heterocycles. The topological polar surface area (TPSA) is 76.0 Å². The zero-order chi connectivity index (χ0) is 24.6. The molecule has 2 rings (SSSR count). The number of aliphatic hydroxyl groups is 1. The Morgan fingerprint density at radius 3 is 2.39 bits per heavy atom. The summed E-state index contributed by atoms with van der Waals surface area (Å²) >= 11 is 0. The summed E-state index contributed by atoms with van der Waals surface area (Å²) in [7, 11) is 0. The second-order valence-electron chi connectivity index (χ2n) is 9.98. The highest BCUT2D eigenvalue weighted by molar-refractivity contribution is 5.79. The van der Waals surface area contributed by atoms with Crippen molar-refractivity contribution >= 4 is 5.97 Å². The molecule has 0 aliphatic carbocycles. The van der Waals surface area contributed by atoms with Gasteiger partial charge >= 0.3 is 5.97 Å². The van der Waals surface area contributed by atoms with E-state index in [1.807, 2.05) is 26.0 Å². The van der Waals surface area contributed by atoms with E-state index in [2.05, 4.69) is 32.6 Å². The van der Waals surface area contributed by atoms with Gasteiger partial charge in [0.25, 0.3) is 0 Å². The standard InChI is InChI=1S/C28H42O5/c1-19(2)7-12-25-22(5)15-17-28(32-25)18-16-23(6)26(33-28)13-9-20(3)8-11-24(29)21(4)10-14-27(30)31/h7-12,14,21-26,29H,1,13,15-18H2,2-6H3,(H,30,31)/b11-8+,12-7+,14-10+,20-9+/t21-,22-,23-,24-,25-,26+,28+/m0/s1. The maximum atomic E-state index is 10.6. The van der Waals surface area contributed by atoms with E-state index in [0.717, 1.165) is 49.3 Å². The highest BCUT2D eigenvalue weighted by Gasteiger charge is 2.45. The van der Waals surface area contributed by atoms with Crippen molar-refractivity contribution in [1.29, 1.82) is 0 Å². The minimum Gasteiger partial charge on any atom is -0.478 e. The number of hydrogen-bond acceptors (Lipinski definition) is 4. The lowest BCUT2D eigenvalue weighted by Gasteiger charge is -2.49. The second kappa shape index (κ2) is 12.5. The van der Waals surface area contributed by atoms with Crippen LogP contribution in [0.15, 0.2) is 60.3 Å². The SMILES string of the molecule is C=C(C)/C=C/[C@@H]1O[C@@]2(CC[C@@H]1C)CC[C@H](C)[C@@H](C/C=C(C)/C=C/[C@H](O)[C@@H](C)/C=C/C(=O)O)O2. The first-order valence-corrected chi connectivity index (χ1v) is 12.1. The van der Waals surface area contributed by atoms with Gasteiger partial charge in [-0.15, -0.1) is 0 Å². The van der Waals surface area contributed by atoms with Crippen LogP contribution in [0.4, 0.5) is 0 Å². The van der Waals surface area contributed by atoms with Gasteiger partial charge in [-0.2, -0.15) is 0 Å². The number of ether oxygens (including phenoxy) is 2. The number of carboxylic acids is 1. The molecule has 0 aromatic rings. The Hall–Kier alpha value is -1.95. The first-order valence-electron chi connectivity index (χ1n) is 12.1. The molecule has 0 unspecified atom stereocenters. The average molecular weight is 459 g/mol. The molecule has 2 fully saturated rings. The third kappa shape index (κ3) is 8.73. The molecule has 2 heterocycles. The quantitative estimate of drug-likeness (QED) is 0.329. The van der Waals surface area contributed by atoms with Crippen molar-refractivity contribution in [3.8, 4) is 0 Å². The van der Waals surface area contributed by atoms with Gasteiger partial charge in [0.05, 0.1) is 18.3 Å². The number of allylic oxidation sites excluding steroid dienone is 4. The van der Waals surface area contributed by atoms with Crippen LogP contribution in [0.1, 0.15) is 66.7 Å². The highest BCUT2D eigenvalue weighted by Crippen LogP contribution is 2.43. The Morgan fingerprint density at radius 1 is 1.09 bits per heavy atom. The van der Waals surface area contributed by atoms with Crippen LogP contribution in [0.5, 0.6) is 0 Å². The molecule has 0 radical (unpaired) electrons. The summed E-state index contributed by atoms with van der Waals surface area (Å²) in [5, 5.41) is 18.9. The van der Waals surface area contributed by atoms with Gasteiger partial charge in [-0.05, 0) is 44.9 Å². The van der Waals surface area contributed by atoms with Crippen molar-refractivity contribution in [1.82, 2.24) is 0 Å². The summed E-state index contributed by atoms with van der Waals surface area (Å²) < 4.78 is 13.2. The third-order valence-electron chi connectivity index (χ3n) is 6.75. The Kier molecular flexibility index (Phi) is 10.3. The molecule has 2 N–H and O–H groups in total. The predicted octanol–water partition coefficient (Wildman–Crippen LogP) is 5.98. The van der Waals surface area contributed by atoms with Gasteiger partial charge in [-0.3, -0.25) is 0 Å². The van der Waals surface area contributed by atoms with E-state index in [1.165, 1.54) is 6.08 Å². The van der Waals surface area contributed by atoms with E-state index in [-0.39, 0.29) is 18.1 Å². The average Bonchev–Trinajstić information content (AvgIpc) is 2.77. The number of aliphatic carboxylic acids is 1. The fraction of sp³-hybridized carbons (Fsp3) is 0.607. The number of rotatable bonds is 9. The molecule has 7 atom stereocenters. The van der Waals surface area contributed by atoms with Crippen LogP contribution in [-0.4, -0.2) is 40.3 Å². The van der Waals surface area contributed by atoms with Gasteiger partial charge in [-0.25, -0.2) is 4.79 Å². The van der Waals surface area contributed by atoms with Crippen molar-refractivity contribution in [2.75, 3.05) is 0 Å². The number of carboxylic acid groups (broad SMARTS) is 1. The molecule has 0 saturated carbocycles. The van der Waals surface area contributed by atoms with E-state index in [0.29, 0.717) is 11.8 Å². The van der Waals surface area contributed by atoms with Gasteiger partial charge in [0, 0.05) is 24.8 Å². The summed E-state index contributed by atoms with van der Waals surface area (Å²) in [6, 6.07) is 0. The minimum atomic E-state index is -1.01. The Labute approximate surface area is 199 Å². The largest absolute Gasteiger partial charge is 0.478 e. The minimum absolute atomic E-state index is 0.0448. The van der Waals surface area contributed by atoms with E-state index in [9.17, 15) is 9.90 Å². The summed E-state index contributed by atoms with van der Waals surface area (Å²) in [6.45, 7) is 14.2. The van der Waals surface area contributed by atoms with E-state index >= 15 is 0 Å². The molecule has 2 aliphatic rings. The summed E-state index contributed by atoms with van der Waals surface area (Å²) in [4.78, 5) is 10.6. The Balaban J connectivity index is 1.98. The lowest BCUT2D eigenvalue weighted by molar-refractivity contribution is -0.323. The van der Waals surface area contributed by atoms with Crippen molar-refractivity contribution in [3.63, 3.8) is 0 Å². The number of hydrogen-bond donors (Lipinski definition) is 2. The van der Waals surface area contributed by atoms with Crippen LogP contribution in [0.3, 0.4) is 0 Å². The summed E-state index contributed by atoms with van der Waals surface area (Å²) in [6.07, 6.45) is 16.6. The normalized spacial score (nSPS) is 33.2. The smallest absolute Gasteiger partial charge is 0.327 e. The molecular weight excluding hydrogens is 416 g/mol. The fourth-order valence-electron chi connectivity index (χ4n) is 4.30. The van der Waals surface area contributed by atoms with Crippen LogP contribution < -0.4 is 0 Å². The number of aliphatic hydroxyl groups excluding tert-OH is 1. The molecule has 5 heteroatoms. The maximum Gasteiger partial charge on any atom is 0.327 e. The first kappa shape index (κ1) is 27.3. The van der Waals surface area contributed by atoms with Crippen LogP contribution in [0, 0.1) is 17.8 Å². The predicted molar refractivity (Wildman–Crippen MR) is 133 cm³/mol. The molecular formula is C28H42O5. The molecule has 0 aromatic carbocycles. The zero-order valence-corrected chi connectivity index (χ0v) is 20.9. The van der Waals surface area contributed by atoms with Gasteiger partial charge in [0.15, 0.2) is 5.79 Å². The summed E-state index contributed by atoms with van der Waals surface area (Å²) in [5.74, 6) is -0.887. The van der Waals surface area contributed by atoms with Gasteiger partial charge in [-0.1, -0.05) is 75.0 Å². The molecule has 33 heavy (non-hydrogen) atoms. The molecule has 2 aliphatic heterocycles. The van der Waals surface area contributed by atoms with E-state index in [4.69, 9.17) is 14.6 Å². The first-order chi connectivity index (χ1) is 15.5. The van der Waals surface area contributed by atoms with Gasteiger partial charge in [0.2, 0.25) is 0 Å². The Morgan fingerprint density at radius 2 is 1.76 bits per heavy atom. The second-order valence-corrected chi connectivity index (χ2v) is 9.98. The lowest BCUT2D eigenvalue weighted by atomic mass is 9.83. The van der Waals surface area contributed by atoms with Crippen molar-refractivity contribution < 1.29 is 24.5 Å². The van der Waals surface area contributed by atoms with Gasteiger partial charge in [0.1, 0.15) is 0 Å². The number of carbonyl (C=O) groups is 1. The zero-order valence-electron chi connectivity index (χ0n) is 20.9. The monoisotopic (exact) mass is 458 g/mol. The molecule has 1 spiro atoms. The third-order valence-corrected chi connectivity index (χ3v) is 6.75. The van der Waals surface area contributed by atoms with Crippen LogP contribution in [0.25, 0.3) is 0 Å². The van der Waals surface area contributed by atoms with E-state index in [1.54, 1.807) is 13.0 Å². The van der Waals surface area contributed by atoms with Crippen molar-refractivity contribution in [2.24, 2.45) is 17.8 Å². The maximum absolute atomic E-state index is 10.6. The molecule has 184 valence electrons. The molecule has 0 aromatic heterocycles. The van der Waals surface area contributed by atoms with Crippen LogP contribution in [-0.2, 0) is 14.3 Å². The highest BCUT2D eigenvalue weighted by atomic mass is 16.7. The fourth-order valence-corrected chi connectivity index (χ4v) is 4.30. The van der Waals surface area contributed by atoms with E-state index < -0.39 is 17.9 Å². The summed E-state index contributed by atoms with van der Waals surface area (Å²) in [5.41, 5.74) is 2.06. The van der Waals surface area contributed by atoms with Crippen LogP contribution in [0.2, 0.25) is 0 Å². The molecule has 0 amide bonds.